The van der Waals surface area contributed by atoms with Crippen LogP contribution in [0.2, 0.25) is 0 Å². The first-order valence-electron chi connectivity index (χ1n) is 8.21. The first kappa shape index (κ1) is 16.6. The minimum atomic E-state index is -0.303. The van der Waals surface area contributed by atoms with E-state index in [1.165, 1.54) is 4.80 Å². The molecule has 1 aliphatic heterocycles. The maximum atomic E-state index is 12.4. The van der Waals surface area contributed by atoms with Crippen LogP contribution in [0.25, 0.3) is 0 Å². The Hall–Kier alpha value is -2.28. The molecular formula is C17H23N5O2. The van der Waals surface area contributed by atoms with Gasteiger partial charge < -0.3 is 10.1 Å². The van der Waals surface area contributed by atoms with Crippen LogP contribution in [0.15, 0.2) is 30.3 Å². The molecule has 0 bridgehead atoms. The van der Waals surface area contributed by atoms with Gasteiger partial charge in [-0.2, -0.15) is 4.80 Å². The number of tetrazole rings is 1. The van der Waals surface area contributed by atoms with Gasteiger partial charge in [0.25, 0.3) is 11.7 Å². The fourth-order valence-electron chi connectivity index (χ4n) is 2.67. The third-order valence-corrected chi connectivity index (χ3v) is 4.01. The number of benzene rings is 1. The van der Waals surface area contributed by atoms with Crippen molar-refractivity contribution in [2.75, 3.05) is 6.61 Å². The van der Waals surface area contributed by atoms with Gasteiger partial charge in [-0.15, -0.1) is 10.2 Å². The maximum Gasteiger partial charge on any atom is 0.293 e. The fourth-order valence-corrected chi connectivity index (χ4v) is 2.67. The number of nitrogens with one attached hydrogen (secondary N) is 1. The molecule has 0 unspecified atom stereocenters. The Bertz CT molecular complexity index is 693. The number of carbonyl (C=O) groups excluding carboxylic acids is 1. The van der Waals surface area contributed by atoms with Crippen molar-refractivity contribution in [2.24, 2.45) is 0 Å². The second-order valence-electron chi connectivity index (χ2n) is 7.04. The normalized spacial score (nSPS) is 21.5. The molecule has 2 heterocycles. The molecule has 1 amide bonds. The Morgan fingerprint density at radius 2 is 2.04 bits per heavy atom. The highest BCUT2D eigenvalue weighted by Gasteiger charge is 2.27. The van der Waals surface area contributed by atoms with E-state index in [1.807, 2.05) is 51.1 Å². The number of hydrogen-bond donors (Lipinski definition) is 1. The zero-order valence-corrected chi connectivity index (χ0v) is 14.3. The Morgan fingerprint density at radius 3 is 2.71 bits per heavy atom. The van der Waals surface area contributed by atoms with Gasteiger partial charge in [0.2, 0.25) is 0 Å². The third kappa shape index (κ3) is 3.79. The molecule has 128 valence electrons. The van der Waals surface area contributed by atoms with Crippen LogP contribution in [0.5, 0.6) is 0 Å². The SMILES string of the molecule is CC(C)(C)n1nnc(C(=O)N[C@@H]2CCO[C@H](c3ccccc3)C2)n1. The molecule has 0 radical (unpaired) electrons. The average Bonchev–Trinajstić information content (AvgIpc) is 3.06. The van der Waals surface area contributed by atoms with E-state index in [9.17, 15) is 4.79 Å². The highest BCUT2D eigenvalue weighted by molar-refractivity contribution is 5.90. The van der Waals surface area contributed by atoms with Crippen molar-refractivity contribution < 1.29 is 9.53 Å². The highest BCUT2D eigenvalue weighted by atomic mass is 16.5. The van der Waals surface area contributed by atoms with E-state index in [2.05, 4.69) is 20.7 Å². The molecule has 0 saturated carbocycles. The molecule has 1 aliphatic rings. The Balaban J connectivity index is 1.63. The van der Waals surface area contributed by atoms with Gasteiger partial charge in [-0.05, 0) is 44.4 Å². The highest BCUT2D eigenvalue weighted by Crippen LogP contribution is 2.27. The summed E-state index contributed by atoms with van der Waals surface area (Å²) in [6, 6.07) is 10.1. The van der Waals surface area contributed by atoms with Crippen molar-refractivity contribution in [1.82, 2.24) is 25.5 Å². The smallest absolute Gasteiger partial charge is 0.293 e. The molecule has 2 atom stereocenters. The van der Waals surface area contributed by atoms with Crippen molar-refractivity contribution in [3.05, 3.63) is 41.7 Å². The zero-order valence-electron chi connectivity index (χ0n) is 14.3. The second kappa shape index (κ2) is 6.68. The number of amides is 1. The van der Waals surface area contributed by atoms with E-state index < -0.39 is 0 Å². The second-order valence-corrected chi connectivity index (χ2v) is 7.04. The molecular weight excluding hydrogens is 306 g/mol. The van der Waals surface area contributed by atoms with Crippen LogP contribution < -0.4 is 5.32 Å². The fraction of sp³-hybridized carbons (Fsp3) is 0.529. The zero-order chi connectivity index (χ0) is 17.2. The minimum absolute atomic E-state index is 0.00321. The summed E-state index contributed by atoms with van der Waals surface area (Å²) in [5, 5.41) is 15.0. The lowest BCUT2D eigenvalue weighted by atomic mass is 9.97. The molecule has 3 rings (SSSR count). The van der Waals surface area contributed by atoms with Crippen LogP contribution in [0, 0.1) is 0 Å². The predicted molar refractivity (Wildman–Crippen MR) is 88.4 cm³/mol. The number of rotatable bonds is 3. The van der Waals surface area contributed by atoms with Gasteiger partial charge in [-0.25, -0.2) is 0 Å². The molecule has 1 aromatic heterocycles. The van der Waals surface area contributed by atoms with Crippen molar-refractivity contribution in [3.63, 3.8) is 0 Å². The quantitative estimate of drug-likeness (QED) is 0.932. The summed E-state index contributed by atoms with van der Waals surface area (Å²) in [5.41, 5.74) is 0.830. The Kier molecular flexibility index (Phi) is 4.62. The van der Waals surface area contributed by atoms with Gasteiger partial charge in [-0.3, -0.25) is 4.79 Å². The molecule has 0 spiro atoms. The third-order valence-electron chi connectivity index (χ3n) is 4.01. The van der Waals surface area contributed by atoms with Crippen LogP contribution in [-0.4, -0.2) is 38.8 Å². The van der Waals surface area contributed by atoms with E-state index in [1.54, 1.807) is 0 Å². The van der Waals surface area contributed by atoms with E-state index >= 15 is 0 Å². The standard InChI is InChI=1S/C17H23N5O2/c1-17(2,3)22-20-15(19-21-22)16(23)18-13-9-10-24-14(11-13)12-7-5-4-6-8-12/h4-8,13-14H,9-11H2,1-3H3,(H,18,23)/t13-,14+/m1/s1. The van der Waals surface area contributed by atoms with E-state index in [4.69, 9.17) is 4.74 Å². The number of aromatic nitrogens is 4. The topological polar surface area (TPSA) is 81.9 Å². The van der Waals surface area contributed by atoms with Crippen LogP contribution in [-0.2, 0) is 10.3 Å². The Labute approximate surface area is 141 Å². The predicted octanol–water partition coefficient (Wildman–Crippen LogP) is 2.08. The van der Waals surface area contributed by atoms with E-state index in [0.717, 1.165) is 18.4 Å². The summed E-state index contributed by atoms with van der Waals surface area (Å²) >= 11 is 0. The summed E-state index contributed by atoms with van der Waals surface area (Å²) in [7, 11) is 0. The van der Waals surface area contributed by atoms with Gasteiger partial charge in [0, 0.05) is 12.6 Å². The molecule has 2 aromatic rings. The lowest BCUT2D eigenvalue weighted by Gasteiger charge is -2.30. The van der Waals surface area contributed by atoms with Crippen LogP contribution >= 0.6 is 0 Å². The average molecular weight is 329 g/mol. The molecule has 1 N–H and O–H groups in total. The summed E-state index contributed by atoms with van der Waals surface area (Å²) in [4.78, 5) is 13.8. The molecule has 7 heteroatoms. The molecule has 24 heavy (non-hydrogen) atoms. The number of nitrogens with zero attached hydrogens (tertiary/aromatic N) is 4. The molecule has 1 fully saturated rings. The van der Waals surface area contributed by atoms with Crippen LogP contribution in [0.3, 0.4) is 0 Å². The summed E-state index contributed by atoms with van der Waals surface area (Å²) in [6.45, 7) is 6.49. The first-order valence-corrected chi connectivity index (χ1v) is 8.21. The molecule has 1 aromatic carbocycles. The van der Waals surface area contributed by atoms with Crippen molar-refractivity contribution in [3.8, 4) is 0 Å². The van der Waals surface area contributed by atoms with Crippen molar-refractivity contribution >= 4 is 5.91 Å². The largest absolute Gasteiger partial charge is 0.373 e. The summed E-state index contributed by atoms with van der Waals surface area (Å²) < 4.78 is 5.83. The lowest BCUT2D eigenvalue weighted by molar-refractivity contribution is 0.000824. The van der Waals surface area contributed by atoms with Crippen LogP contribution in [0.1, 0.15) is 55.9 Å². The van der Waals surface area contributed by atoms with E-state index in [0.29, 0.717) is 6.61 Å². The Morgan fingerprint density at radius 1 is 1.29 bits per heavy atom. The van der Waals surface area contributed by atoms with Gasteiger partial charge in [-0.1, -0.05) is 30.3 Å². The van der Waals surface area contributed by atoms with E-state index in [-0.39, 0.29) is 29.4 Å². The molecule has 1 saturated heterocycles. The molecule has 7 nitrogen and oxygen atoms in total. The van der Waals surface area contributed by atoms with Crippen molar-refractivity contribution in [2.45, 2.75) is 51.3 Å². The van der Waals surface area contributed by atoms with Crippen LogP contribution in [0.4, 0.5) is 0 Å². The number of ether oxygens (including phenoxy) is 1. The monoisotopic (exact) mass is 329 g/mol. The lowest BCUT2D eigenvalue weighted by Crippen LogP contribution is -2.40. The maximum absolute atomic E-state index is 12.4. The molecule has 0 aliphatic carbocycles. The number of hydrogen-bond acceptors (Lipinski definition) is 5. The van der Waals surface area contributed by atoms with Crippen molar-refractivity contribution in [1.29, 1.82) is 0 Å². The minimum Gasteiger partial charge on any atom is -0.373 e. The van der Waals surface area contributed by atoms with Gasteiger partial charge in [0.05, 0.1) is 11.6 Å². The summed E-state index contributed by atoms with van der Waals surface area (Å²) in [5.74, 6) is -0.183. The number of carbonyl (C=O) groups is 1. The van der Waals surface area contributed by atoms with Gasteiger partial charge in [0.15, 0.2) is 0 Å². The van der Waals surface area contributed by atoms with Gasteiger partial charge >= 0.3 is 0 Å². The van der Waals surface area contributed by atoms with Gasteiger partial charge in [0.1, 0.15) is 0 Å². The summed E-state index contributed by atoms with van der Waals surface area (Å²) in [6.07, 6.45) is 1.52. The first-order chi connectivity index (χ1) is 11.4.